The van der Waals surface area contributed by atoms with Gasteiger partial charge in [-0.2, -0.15) is 18.3 Å². The molecule has 1 fully saturated rings. The highest BCUT2D eigenvalue weighted by Crippen LogP contribution is 2.28. The first-order valence-electron chi connectivity index (χ1n) is 7.55. The van der Waals surface area contributed by atoms with E-state index >= 15 is 0 Å². The lowest BCUT2D eigenvalue weighted by Gasteiger charge is -2.23. The number of amides is 1. The Labute approximate surface area is 136 Å². The summed E-state index contributed by atoms with van der Waals surface area (Å²) >= 11 is 0. The zero-order chi connectivity index (χ0) is 17.3. The Morgan fingerprint density at radius 1 is 1.25 bits per heavy atom. The molecule has 1 saturated heterocycles. The van der Waals surface area contributed by atoms with Gasteiger partial charge < -0.3 is 10.0 Å². The normalized spacial score (nSPS) is 18.2. The number of likely N-dealkylation sites (tertiary alicyclic amines) is 1. The minimum absolute atomic E-state index is 0.0721. The topological polar surface area (TPSA) is 58.4 Å². The summed E-state index contributed by atoms with van der Waals surface area (Å²) < 4.78 is 38.9. The molecule has 128 valence electrons. The molecule has 1 aliphatic rings. The van der Waals surface area contributed by atoms with Crippen LogP contribution in [0.5, 0.6) is 0 Å². The number of aliphatic hydroxyl groups excluding tert-OH is 1. The smallest absolute Gasteiger partial charge is 0.394 e. The van der Waals surface area contributed by atoms with Crippen LogP contribution in [0.1, 0.15) is 28.9 Å². The van der Waals surface area contributed by atoms with E-state index in [1.807, 2.05) is 0 Å². The molecule has 0 aliphatic carbocycles. The first-order valence-corrected chi connectivity index (χ1v) is 7.55. The van der Waals surface area contributed by atoms with Crippen LogP contribution in [0.2, 0.25) is 0 Å². The van der Waals surface area contributed by atoms with Crippen LogP contribution in [-0.2, 0) is 6.18 Å². The highest BCUT2D eigenvalue weighted by Gasteiger charge is 2.33. The number of halogens is 3. The number of hydrogen-bond acceptors (Lipinski definition) is 3. The average molecular weight is 339 g/mol. The SMILES string of the molecule is O=C(c1ccc(-n2ccc(C(F)(F)F)n2)cc1)N1CCC[C@@H]1CO. The summed E-state index contributed by atoms with van der Waals surface area (Å²) in [6.45, 7) is 0.525. The standard InChI is InChI=1S/C16H16F3N3O2/c17-16(18,19)14-7-9-22(20-14)12-5-3-11(4-6-12)15(24)21-8-1-2-13(21)10-23/h3-7,9,13,23H,1-2,8,10H2/t13-/m1/s1. The molecule has 2 aromatic rings. The van der Waals surface area contributed by atoms with Crippen LogP contribution in [0.15, 0.2) is 36.5 Å². The summed E-state index contributed by atoms with van der Waals surface area (Å²) in [6, 6.07) is 6.93. The number of carbonyl (C=O) groups is 1. The number of nitrogens with zero attached hydrogens (tertiary/aromatic N) is 3. The van der Waals surface area contributed by atoms with Gasteiger partial charge in [0, 0.05) is 18.3 Å². The molecular formula is C16H16F3N3O2. The van der Waals surface area contributed by atoms with Gasteiger partial charge in [0.2, 0.25) is 0 Å². The third-order valence-corrected chi connectivity index (χ3v) is 4.11. The Morgan fingerprint density at radius 3 is 2.54 bits per heavy atom. The molecule has 1 N–H and O–H groups in total. The fraction of sp³-hybridized carbons (Fsp3) is 0.375. The van der Waals surface area contributed by atoms with Gasteiger partial charge in [0.1, 0.15) is 0 Å². The minimum atomic E-state index is -4.49. The summed E-state index contributed by atoms with van der Waals surface area (Å²) in [5.74, 6) is -0.186. The van der Waals surface area contributed by atoms with Gasteiger partial charge in [-0.05, 0) is 43.2 Å². The Balaban J connectivity index is 1.78. The summed E-state index contributed by atoms with van der Waals surface area (Å²) in [5, 5.41) is 12.8. The van der Waals surface area contributed by atoms with E-state index in [4.69, 9.17) is 0 Å². The first-order chi connectivity index (χ1) is 11.4. The van der Waals surface area contributed by atoms with Gasteiger partial charge in [-0.25, -0.2) is 4.68 Å². The predicted molar refractivity (Wildman–Crippen MR) is 79.7 cm³/mol. The van der Waals surface area contributed by atoms with E-state index in [9.17, 15) is 23.1 Å². The van der Waals surface area contributed by atoms with Gasteiger partial charge in [-0.1, -0.05) is 0 Å². The zero-order valence-electron chi connectivity index (χ0n) is 12.7. The van der Waals surface area contributed by atoms with Crippen molar-refractivity contribution in [3.8, 4) is 5.69 Å². The van der Waals surface area contributed by atoms with E-state index in [0.717, 1.165) is 23.6 Å². The van der Waals surface area contributed by atoms with Crippen LogP contribution in [0.3, 0.4) is 0 Å². The number of aromatic nitrogens is 2. The molecule has 24 heavy (non-hydrogen) atoms. The van der Waals surface area contributed by atoms with Crippen LogP contribution >= 0.6 is 0 Å². The molecule has 0 radical (unpaired) electrons. The number of alkyl halides is 3. The van der Waals surface area contributed by atoms with Gasteiger partial charge >= 0.3 is 6.18 Å². The molecule has 0 spiro atoms. The van der Waals surface area contributed by atoms with E-state index in [2.05, 4.69) is 5.10 Å². The zero-order valence-corrected chi connectivity index (χ0v) is 12.7. The number of benzene rings is 1. The highest BCUT2D eigenvalue weighted by atomic mass is 19.4. The third-order valence-electron chi connectivity index (χ3n) is 4.11. The number of hydrogen-bond donors (Lipinski definition) is 1. The van der Waals surface area contributed by atoms with E-state index in [1.54, 1.807) is 29.2 Å². The van der Waals surface area contributed by atoms with Gasteiger partial charge in [0.15, 0.2) is 5.69 Å². The van der Waals surface area contributed by atoms with Crippen molar-refractivity contribution in [2.75, 3.05) is 13.2 Å². The second-order valence-corrected chi connectivity index (χ2v) is 5.67. The molecule has 1 aromatic carbocycles. The van der Waals surface area contributed by atoms with Crippen molar-refractivity contribution >= 4 is 5.91 Å². The lowest BCUT2D eigenvalue weighted by atomic mass is 10.1. The molecule has 1 atom stereocenters. The fourth-order valence-corrected chi connectivity index (χ4v) is 2.83. The quantitative estimate of drug-likeness (QED) is 0.935. The largest absolute Gasteiger partial charge is 0.435 e. The summed E-state index contributed by atoms with van der Waals surface area (Å²) in [5.41, 5.74) is -0.102. The lowest BCUT2D eigenvalue weighted by Crippen LogP contribution is -2.37. The maximum Gasteiger partial charge on any atom is 0.435 e. The monoisotopic (exact) mass is 339 g/mol. The van der Waals surface area contributed by atoms with Crippen molar-refractivity contribution in [1.29, 1.82) is 0 Å². The molecular weight excluding hydrogens is 323 g/mol. The van der Waals surface area contributed by atoms with Crippen molar-refractivity contribution in [2.45, 2.75) is 25.1 Å². The van der Waals surface area contributed by atoms with E-state index in [-0.39, 0.29) is 18.6 Å². The third kappa shape index (κ3) is 3.14. The summed E-state index contributed by atoms with van der Waals surface area (Å²) in [6.07, 6.45) is -1.64. The number of carbonyl (C=O) groups excluding carboxylic acids is 1. The molecule has 1 amide bonds. The molecule has 2 heterocycles. The molecule has 1 aromatic heterocycles. The predicted octanol–water partition coefficient (Wildman–Crippen LogP) is 2.49. The highest BCUT2D eigenvalue weighted by molar-refractivity contribution is 5.94. The molecule has 1 aliphatic heterocycles. The molecule has 8 heteroatoms. The Bertz CT molecular complexity index is 725. The second-order valence-electron chi connectivity index (χ2n) is 5.67. The first kappa shape index (κ1) is 16.5. The van der Waals surface area contributed by atoms with E-state index in [0.29, 0.717) is 17.8 Å². The van der Waals surface area contributed by atoms with Gasteiger partial charge in [0.25, 0.3) is 5.91 Å². The maximum atomic E-state index is 12.6. The van der Waals surface area contributed by atoms with E-state index < -0.39 is 11.9 Å². The minimum Gasteiger partial charge on any atom is -0.394 e. The Kier molecular flexibility index (Phi) is 4.31. The van der Waals surface area contributed by atoms with Gasteiger partial charge in [-0.3, -0.25) is 4.79 Å². The van der Waals surface area contributed by atoms with Crippen molar-refractivity contribution in [1.82, 2.24) is 14.7 Å². The number of rotatable bonds is 3. The summed E-state index contributed by atoms with van der Waals surface area (Å²) in [4.78, 5) is 14.1. The van der Waals surface area contributed by atoms with Crippen molar-refractivity contribution in [3.05, 3.63) is 47.8 Å². The van der Waals surface area contributed by atoms with Crippen molar-refractivity contribution in [2.24, 2.45) is 0 Å². The molecule has 0 saturated carbocycles. The second kappa shape index (κ2) is 6.27. The molecule has 5 nitrogen and oxygen atoms in total. The van der Waals surface area contributed by atoms with Crippen LogP contribution in [-0.4, -0.2) is 44.9 Å². The maximum absolute atomic E-state index is 12.6. The Hall–Kier alpha value is -2.35. The van der Waals surface area contributed by atoms with Crippen LogP contribution in [0, 0.1) is 0 Å². The van der Waals surface area contributed by atoms with Gasteiger partial charge in [-0.15, -0.1) is 0 Å². The molecule has 0 bridgehead atoms. The molecule has 3 rings (SSSR count). The van der Waals surface area contributed by atoms with Crippen molar-refractivity contribution in [3.63, 3.8) is 0 Å². The average Bonchev–Trinajstić information content (AvgIpc) is 3.23. The van der Waals surface area contributed by atoms with Crippen LogP contribution in [0.25, 0.3) is 5.69 Å². The van der Waals surface area contributed by atoms with Crippen molar-refractivity contribution < 1.29 is 23.1 Å². The fourth-order valence-electron chi connectivity index (χ4n) is 2.83. The van der Waals surface area contributed by atoms with Crippen LogP contribution < -0.4 is 0 Å². The lowest BCUT2D eigenvalue weighted by molar-refractivity contribution is -0.141. The van der Waals surface area contributed by atoms with Crippen LogP contribution in [0.4, 0.5) is 13.2 Å². The molecule has 0 unspecified atom stereocenters. The Morgan fingerprint density at radius 2 is 1.96 bits per heavy atom. The summed E-state index contributed by atoms with van der Waals surface area (Å²) in [7, 11) is 0. The number of aliphatic hydroxyl groups is 1. The van der Waals surface area contributed by atoms with Gasteiger partial charge in [0.05, 0.1) is 18.3 Å². The van der Waals surface area contributed by atoms with E-state index in [1.165, 1.54) is 6.20 Å².